The fourth-order valence-corrected chi connectivity index (χ4v) is 1.22. The average molecular weight is 232 g/mol. The fraction of sp³-hybridized carbons (Fsp3) is 0.529. The molecule has 0 nitrogen and oxygen atoms in total. The van der Waals surface area contributed by atoms with Gasteiger partial charge in [0.25, 0.3) is 0 Å². The van der Waals surface area contributed by atoms with Crippen molar-refractivity contribution in [2.45, 2.75) is 53.4 Å². The van der Waals surface area contributed by atoms with E-state index in [-0.39, 0.29) is 5.41 Å². The van der Waals surface area contributed by atoms with Gasteiger partial charge in [0.2, 0.25) is 0 Å². The van der Waals surface area contributed by atoms with Crippen LogP contribution in [0.25, 0.3) is 0 Å². The molecule has 1 atom stereocenters. The van der Waals surface area contributed by atoms with E-state index in [1.165, 1.54) is 17.5 Å². The van der Waals surface area contributed by atoms with Crippen LogP contribution in [0.15, 0.2) is 36.9 Å². The molecule has 0 heterocycles. The zero-order chi connectivity index (χ0) is 13.5. The average Bonchev–Trinajstić information content (AvgIpc) is 2.28. The molecule has 0 amide bonds. The molecule has 0 radical (unpaired) electrons. The number of benzene rings is 1. The summed E-state index contributed by atoms with van der Waals surface area (Å²) in [4.78, 5) is 0. The van der Waals surface area contributed by atoms with E-state index in [2.05, 4.69) is 72.4 Å². The third-order valence-corrected chi connectivity index (χ3v) is 2.96. The van der Waals surface area contributed by atoms with Crippen LogP contribution in [0.1, 0.15) is 52.2 Å². The molecule has 0 aliphatic carbocycles. The van der Waals surface area contributed by atoms with E-state index in [1.807, 2.05) is 6.08 Å². The molecule has 0 aliphatic rings. The second kappa shape index (κ2) is 7.32. The third kappa shape index (κ3) is 6.99. The Labute approximate surface area is 108 Å². The van der Waals surface area contributed by atoms with E-state index < -0.39 is 0 Å². The monoisotopic (exact) mass is 232 g/mol. The Bertz CT molecular complexity index is 311. The van der Waals surface area contributed by atoms with Gasteiger partial charge in [-0.15, -0.1) is 6.58 Å². The molecule has 0 fully saturated rings. The van der Waals surface area contributed by atoms with Gasteiger partial charge in [0.15, 0.2) is 0 Å². The molecule has 96 valence electrons. The van der Waals surface area contributed by atoms with Gasteiger partial charge < -0.3 is 0 Å². The van der Waals surface area contributed by atoms with Crippen LogP contribution in [0, 0.1) is 12.8 Å². The topological polar surface area (TPSA) is 0 Å². The van der Waals surface area contributed by atoms with Crippen molar-refractivity contribution in [2.24, 2.45) is 5.92 Å². The summed E-state index contributed by atoms with van der Waals surface area (Å²) in [5, 5.41) is 0. The van der Waals surface area contributed by atoms with Crippen LogP contribution >= 0.6 is 0 Å². The lowest BCUT2D eigenvalue weighted by molar-refractivity contribution is 0.590. The second-order valence-corrected chi connectivity index (χ2v) is 5.74. The van der Waals surface area contributed by atoms with Gasteiger partial charge in [0.05, 0.1) is 0 Å². The van der Waals surface area contributed by atoms with Crippen LogP contribution < -0.4 is 0 Å². The van der Waals surface area contributed by atoms with Gasteiger partial charge >= 0.3 is 0 Å². The first kappa shape index (κ1) is 16.0. The first-order valence-corrected chi connectivity index (χ1v) is 6.51. The van der Waals surface area contributed by atoms with Crippen molar-refractivity contribution in [2.75, 3.05) is 0 Å². The molecular weight excluding hydrogens is 204 g/mol. The van der Waals surface area contributed by atoms with E-state index in [0.29, 0.717) is 5.92 Å². The summed E-state index contributed by atoms with van der Waals surface area (Å²) in [5.74, 6) is 0.699. The van der Waals surface area contributed by atoms with Crippen molar-refractivity contribution in [1.82, 2.24) is 0 Å². The van der Waals surface area contributed by atoms with Gasteiger partial charge in [-0.3, -0.25) is 0 Å². The molecule has 1 rings (SSSR count). The first-order chi connectivity index (χ1) is 7.81. The minimum absolute atomic E-state index is 0.285. The predicted molar refractivity (Wildman–Crippen MR) is 79.5 cm³/mol. The maximum Gasteiger partial charge on any atom is -0.0132 e. The summed E-state index contributed by atoms with van der Waals surface area (Å²) < 4.78 is 0. The minimum Gasteiger partial charge on any atom is -0.103 e. The van der Waals surface area contributed by atoms with Gasteiger partial charge in [-0.2, -0.15) is 0 Å². The molecule has 1 aromatic rings. The Balaban J connectivity index is 0.000000366. The molecule has 1 aromatic carbocycles. The molecule has 0 saturated carbocycles. The highest BCUT2D eigenvalue weighted by Crippen LogP contribution is 2.21. The Kier molecular flexibility index (Phi) is 6.87. The normalized spacial score (nSPS) is 12.4. The summed E-state index contributed by atoms with van der Waals surface area (Å²) >= 11 is 0. The van der Waals surface area contributed by atoms with E-state index in [4.69, 9.17) is 0 Å². The molecule has 1 unspecified atom stereocenters. The summed E-state index contributed by atoms with van der Waals surface area (Å²) in [7, 11) is 0. The van der Waals surface area contributed by atoms with Gasteiger partial charge in [-0.05, 0) is 23.8 Å². The smallest absolute Gasteiger partial charge is 0.0132 e. The lowest BCUT2D eigenvalue weighted by Gasteiger charge is -2.18. The molecule has 17 heavy (non-hydrogen) atoms. The number of allylic oxidation sites excluding steroid dienone is 1. The quantitative estimate of drug-likeness (QED) is 0.590. The summed E-state index contributed by atoms with van der Waals surface area (Å²) in [5.41, 5.74) is 3.02. The molecule has 0 aromatic heterocycles. The van der Waals surface area contributed by atoms with Gasteiger partial charge in [0.1, 0.15) is 0 Å². The van der Waals surface area contributed by atoms with Crippen molar-refractivity contribution < 1.29 is 0 Å². The van der Waals surface area contributed by atoms with E-state index in [0.717, 1.165) is 0 Å². The van der Waals surface area contributed by atoms with Crippen molar-refractivity contribution >= 4 is 0 Å². The van der Waals surface area contributed by atoms with Crippen LogP contribution in [0.4, 0.5) is 0 Å². The molecule has 0 spiro atoms. The molecular formula is C17H28. The molecule has 0 bridgehead atoms. The van der Waals surface area contributed by atoms with Crippen LogP contribution in [0.3, 0.4) is 0 Å². The van der Waals surface area contributed by atoms with Crippen molar-refractivity contribution in [3.63, 3.8) is 0 Å². The zero-order valence-corrected chi connectivity index (χ0v) is 12.4. The highest BCUT2D eigenvalue weighted by Gasteiger charge is 2.11. The largest absolute Gasteiger partial charge is 0.103 e. The van der Waals surface area contributed by atoms with Gasteiger partial charge in [0, 0.05) is 0 Å². The number of hydrogen-bond acceptors (Lipinski definition) is 0. The fourth-order valence-electron chi connectivity index (χ4n) is 1.22. The Morgan fingerprint density at radius 2 is 1.65 bits per heavy atom. The van der Waals surface area contributed by atoms with E-state index in [1.54, 1.807) is 0 Å². The van der Waals surface area contributed by atoms with Gasteiger partial charge in [-0.1, -0.05) is 76.9 Å². The van der Waals surface area contributed by atoms with E-state index in [9.17, 15) is 0 Å². The number of rotatable bonds is 2. The predicted octanol–water partition coefficient (Wildman–Crippen LogP) is 5.51. The Morgan fingerprint density at radius 3 is 1.88 bits per heavy atom. The second-order valence-electron chi connectivity index (χ2n) is 5.74. The van der Waals surface area contributed by atoms with Crippen LogP contribution in [-0.4, -0.2) is 0 Å². The summed E-state index contributed by atoms with van der Waals surface area (Å²) in [6.07, 6.45) is 3.18. The highest BCUT2D eigenvalue weighted by molar-refractivity contribution is 5.26. The van der Waals surface area contributed by atoms with E-state index >= 15 is 0 Å². The first-order valence-electron chi connectivity index (χ1n) is 6.51. The minimum atomic E-state index is 0.285. The number of aryl methyl sites for hydroxylation is 1. The summed E-state index contributed by atoms with van der Waals surface area (Å²) in [6.45, 7) is 16.8. The van der Waals surface area contributed by atoms with Crippen molar-refractivity contribution in [3.05, 3.63) is 48.0 Å². The Morgan fingerprint density at radius 1 is 1.18 bits per heavy atom. The maximum atomic E-state index is 3.63. The summed E-state index contributed by atoms with van der Waals surface area (Å²) in [6, 6.07) is 8.74. The van der Waals surface area contributed by atoms with Crippen LogP contribution in [-0.2, 0) is 5.41 Å². The third-order valence-electron chi connectivity index (χ3n) is 2.96. The lowest BCUT2D eigenvalue weighted by atomic mass is 9.87. The van der Waals surface area contributed by atoms with Gasteiger partial charge in [-0.25, -0.2) is 0 Å². The number of hydrogen-bond donors (Lipinski definition) is 0. The van der Waals surface area contributed by atoms with Crippen molar-refractivity contribution in [1.29, 1.82) is 0 Å². The lowest BCUT2D eigenvalue weighted by Crippen LogP contribution is -2.10. The molecule has 0 heteroatoms. The molecule has 0 aliphatic heterocycles. The maximum absolute atomic E-state index is 3.63. The standard InChI is InChI=1S/C11H16.C6H12/c1-9-5-7-10(8-6-9)11(2,3)4;1-4-6(3)5-2/h5-8H,1-4H3;4,6H,1,5H2,2-3H3. The zero-order valence-electron chi connectivity index (χ0n) is 12.4. The Hall–Kier alpha value is -1.04. The SMILES string of the molecule is C=CC(C)CC.Cc1ccc(C(C)(C)C)cc1. The highest BCUT2D eigenvalue weighted by atomic mass is 14.2. The molecule has 0 saturated heterocycles. The van der Waals surface area contributed by atoms with Crippen LogP contribution in [0.2, 0.25) is 0 Å². The molecule has 0 N–H and O–H groups in total. The van der Waals surface area contributed by atoms with Crippen molar-refractivity contribution in [3.8, 4) is 0 Å². The van der Waals surface area contributed by atoms with Crippen LogP contribution in [0.5, 0.6) is 0 Å².